The van der Waals surface area contributed by atoms with Crippen LogP contribution in [-0.4, -0.2) is 16.8 Å². The van der Waals surface area contributed by atoms with Gasteiger partial charge in [0.1, 0.15) is 0 Å². The van der Waals surface area contributed by atoms with Crippen molar-refractivity contribution < 1.29 is 14.6 Å². The number of Topliss-reactive ketones (excluding diaryl/α,β-unsaturated/α-hetero) is 1. The van der Waals surface area contributed by atoms with Crippen LogP contribution in [0.5, 0.6) is 0 Å². The third-order valence-electron chi connectivity index (χ3n) is 2.32. The second-order valence-electron chi connectivity index (χ2n) is 3.70. The maximum Gasteiger partial charge on any atom is 0.202 e. The van der Waals surface area contributed by atoms with E-state index in [0.29, 0.717) is 5.56 Å². The van der Waals surface area contributed by atoms with Gasteiger partial charge in [-0.05, 0) is 5.10 Å². The molecule has 0 atom stereocenters. The van der Waals surface area contributed by atoms with E-state index in [1.807, 2.05) is 12.1 Å². The summed E-state index contributed by atoms with van der Waals surface area (Å²) in [6.07, 6.45) is 3.33. The number of rotatable bonds is 4. The van der Waals surface area contributed by atoms with Gasteiger partial charge in [0.2, 0.25) is 12.4 Å². The Kier molecular flexibility index (Phi) is 4.69. The Labute approximate surface area is 115 Å². The third-order valence-corrected chi connectivity index (χ3v) is 3.05. The first-order valence-corrected chi connectivity index (χ1v) is 6.67. The van der Waals surface area contributed by atoms with Crippen molar-refractivity contribution in [3.63, 3.8) is 0 Å². The Balaban J connectivity index is 1.92. The number of pyridine rings is 1. The molecule has 0 aliphatic heterocycles. The number of nitrogens with zero attached hydrogens (tertiary/aromatic N) is 2. The van der Waals surface area contributed by atoms with Gasteiger partial charge in [-0.1, -0.05) is 41.1 Å². The van der Waals surface area contributed by atoms with Crippen LogP contribution in [0.1, 0.15) is 10.4 Å². The normalized spacial score (nSPS) is 11.3. The molecule has 2 aromatic rings. The summed E-state index contributed by atoms with van der Waals surface area (Å²) in [5, 5.41) is 15.0. The molecule has 5 heteroatoms. The van der Waals surface area contributed by atoms with E-state index in [1.54, 1.807) is 48.8 Å². The zero-order valence-electron chi connectivity index (χ0n) is 10.1. The summed E-state index contributed by atoms with van der Waals surface area (Å²) in [5.41, 5.74) is 0.607. The molecule has 0 aliphatic rings. The van der Waals surface area contributed by atoms with E-state index in [-0.39, 0.29) is 16.8 Å². The number of carbonyl (C=O) groups excluding carboxylic acids is 1. The number of aromatic nitrogens is 1. The predicted molar refractivity (Wildman–Crippen MR) is 72.7 cm³/mol. The lowest BCUT2D eigenvalue weighted by atomic mass is 10.2. The van der Waals surface area contributed by atoms with E-state index >= 15 is 0 Å². The highest BCUT2D eigenvalue weighted by Crippen LogP contribution is 2.06. The van der Waals surface area contributed by atoms with Crippen molar-refractivity contribution >= 4 is 22.8 Å². The molecule has 0 saturated heterocycles. The zero-order valence-corrected chi connectivity index (χ0v) is 10.9. The monoisotopic (exact) mass is 272 g/mol. The highest BCUT2D eigenvalue weighted by molar-refractivity contribution is 8.13. The van der Waals surface area contributed by atoms with Gasteiger partial charge in [0.15, 0.2) is 5.78 Å². The SMILES string of the molecule is O=C(CS/C([O-])=N/[n+]1ccccc1)c1ccccc1. The van der Waals surface area contributed by atoms with Crippen LogP contribution < -0.4 is 9.78 Å². The van der Waals surface area contributed by atoms with Crippen LogP contribution in [0.3, 0.4) is 0 Å². The molecule has 2 rings (SSSR count). The van der Waals surface area contributed by atoms with E-state index in [1.165, 1.54) is 4.68 Å². The largest absolute Gasteiger partial charge is 0.850 e. The van der Waals surface area contributed by atoms with Crippen LogP contribution in [0.25, 0.3) is 0 Å². The second-order valence-corrected chi connectivity index (χ2v) is 4.63. The van der Waals surface area contributed by atoms with Gasteiger partial charge >= 0.3 is 0 Å². The van der Waals surface area contributed by atoms with E-state index in [2.05, 4.69) is 5.10 Å². The Morgan fingerprint density at radius 2 is 1.74 bits per heavy atom. The molecule has 0 amide bonds. The van der Waals surface area contributed by atoms with Gasteiger partial charge in [-0.2, -0.15) is 0 Å². The summed E-state index contributed by atoms with van der Waals surface area (Å²) in [6.45, 7) is 0. The summed E-state index contributed by atoms with van der Waals surface area (Å²) in [7, 11) is 0. The molecule has 1 aromatic carbocycles. The summed E-state index contributed by atoms with van der Waals surface area (Å²) in [6, 6.07) is 14.3. The van der Waals surface area contributed by atoms with Crippen molar-refractivity contribution in [2.45, 2.75) is 0 Å². The van der Waals surface area contributed by atoms with Crippen LogP contribution in [0.15, 0.2) is 66.0 Å². The third kappa shape index (κ3) is 4.22. The number of ketones is 1. The number of carbonyl (C=O) groups is 1. The van der Waals surface area contributed by atoms with Gasteiger partial charge in [0.25, 0.3) is 0 Å². The minimum Gasteiger partial charge on any atom is -0.850 e. The van der Waals surface area contributed by atoms with Gasteiger partial charge in [-0.25, -0.2) is 0 Å². The molecule has 0 aliphatic carbocycles. The number of hydrogen-bond donors (Lipinski definition) is 0. The van der Waals surface area contributed by atoms with Crippen molar-refractivity contribution in [3.05, 3.63) is 66.5 Å². The van der Waals surface area contributed by atoms with Crippen LogP contribution in [0, 0.1) is 0 Å². The van der Waals surface area contributed by atoms with Gasteiger partial charge in [-0.15, -0.1) is 11.8 Å². The van der Waals surface area contributed by atoms with Crippen LogP contribution in [0.4, 0.5) is 0 Å². The minimum absolute atomic E-state index is 0.0767. The molecule has 19 heavy (non-hydrogen) atoms. The molecule has 0 spiro atoms. The van der Waals surface area contributed by atoms with Gasteiger partial charge in [0, 0.05) is 17.7 Å². The summed E-state index contributed by atoms with van der Waals surface area (Å²) in [5.74, 6) is 0.0203. The molecule has 0 N–H and O–H groups in total. The minimum atomic E-state index is -0.388. The molecule has 0 saturated carbocycles. The Morgan fingerprint density at radius 3 is 2.42 bits per heavy atom. The van der Waals surface area contributed by atoms with Gasteiger partial charge < -0.3 is 5.11 Å². The Hall–Kier alpha value is -2.14. The van der Waals surface area contributed by atoms with E-state index in [4.69, 9.17) is 0 Å². The molecule has 0 bridgehead atoms. The van der Waals surface area contributed by atoms with Crippen molar-refractivity contribution in [2.75, 3.05) is 5.75 Å². The highest BCUT2D eigenvalue weighted by Gasteiger charge is 2.05. The molecule has 1 aromatic heterocycles. The van der Waals surface area contributed by atoms with Gasteiger partial charge in [-0.3, -0.25) is 4.79 Å². The van der Waals surface area contributed by atoms with E-state index in [0.717, 1.165) is 11.8 Å². The standard InChI is InChI=1S/C14H12N2O2S/c17-13(12-7-3-1-4-8-12)11-19-14(18)15-16-9-5-2-6-10-16/h1-10H,11H2. The zero-order chi connectivity index (χ0) is 13.5. The fourth-order valence-corrected chi connectivity index (χ4v) is 1.99. The van der Waals surface area contributed by atoms with Crippen LogP contribution in [0.2, 0.25) is 0 Å². The lowest BCUT2D eigenvalue weighted by Gasteiger charge is -2.05. The predicted octanol–water partition coefficient (Wildman–Crippen LogP) is 1.07. The summed E-state index contributed by atoms with van der Waals surface area (Å²) >= 11 is 0.898. The molecular weight excluding hydrogens is 260 g/mol. The maximum atomic E-state index is 11.8. The lowest BCUT2D eigenvalue weighted by molar-refractivity contribution is -0.681. The molecule has 0 fully saturated rings. The van der Waals surface area contributed by atoms with Crippen molar-refractivity contribution in [2.24, 2.45) is 5.10 Å². The second kappa shape index (κ2) is 6.70. The Morgan fingerprint density at radius 1 is 1.11 bits per heavy atom. The fraction of sp³-hybridized carbons (Fsp3) is 0.0714. The maximum absolute atomic E-state index is 11.8. The molecule has 96 valence electrons. The van der Waals surface area contributed by atoms with Crippen molar-refractivity contribution in [3.8, 4) is 0 Å². The average Bonchev–Trinajstić information content (AvgIpc) is 2.47. The van der Waals surface area contributed by atoms with E-state index < -0.39 is 0 Å². The first-order valence-electron chi connectivity index (χ1n) is 5.69. The van der Waals surface area contributed by atoms with Crippen LogP contribution >= 0.6 is 11.8 Å². The first kappa shape index (κ1) is 13.3. The topological polar surface area (TPSA) is 56.4 Å². The summed E-state index contributed by atoms with van der Waals surface area (Å²) in [4.78, 5) is 11.8. The Bertz CT molecular complexity index is 571. The smallest absolute Gasteiger partial charge is 0.202 e. The quantitative estimate of drug-likeness (QED) is 0.362. The molecule has 0 unspecified atom stereocenters. The first-order chi connectivity index (χ1) is 9.25. The number of benzene rings is 1. The molecule has 0 radical (unpaired) electrons. The van der Waals surface area contributed by atoms with Crippen molar-refractivity contribution in [1.29, 1.82) is 0 Å². The number of hydrogen-bond acceptors (Lipinski definition) is 4. The molecule has 1 heterocycles. The van der Waals surface area contributed by atoms with Crippen molar-refractivity contribution in [1.82, 2.24) is 0 Å². The van der Waals surface area contributed by atoms with E-state index in [9.17, 15) is 9.90 Å². The molecular formula is C14H12N2O2S. The van der Waals surface area contributed by atoms with Crippen LogP contribution in [-0.2, 0) is 0 Å². The number of thioether (sulfide) groups is 1. The van der Waals surface area contributed by atoms with Gasteiger partial charge in [0.05, 0.1) is 11.0 Å². The summed E-state index contributed by atoms with van der Waals surface area (Å²) < 4.78 is 1.42. The highest BCUT2D eigenvalue weighted by atomic mass is 32.2. The average molecular weight is 272 g/mol. The lowest BCUT2D eigenvalue weighted by Crippen LogP contribution is -2.31. The fourth-order valence-electron chi connectivity index (χ4n) is 1.41. The molecule has 4 nitrogen and oxygen atoms in total.